The van der Waals surface area contributed by atoms with Crippen molar-refractivity contribution in [3.8, 4) is 0 Å². The first-order chi connectivity index (χ1) is 22.5. The van der Waals surface area contributed by atoms with Gasteiger partial charge in [0, 0.05) is 66.7 Å². The molecule has 0 amide bonds. The highest BCUT2D eigenvalue weighted by molar-refractivity contribution is 7.86. The van der Waals surface area contributed by atoms with Crippen LogP contribution >= 0.6 is 0 Å². The lowest BCUT2D eigenvalue weighted by Gasteiger charge is -2.37. The third-order valence-corrected chi connectivity index (χ3v) is 11.7. The molecule has 0 saturated heterocycles. The van der Waals surface area contributed by atoms with E-state index in [2.05, 4.69) is 9.48 Å². The van der Waals surface area contributed by atoms with Gasteiger partial charge in [0.1, 0.15) is 22.4 Å². The summed E-state index contributed by atoms with van der Waals surface area (Å²) in [5.41, 5.74) is 3.28. The SMILES string of the molecule is CCN1/C2=C/C=C/C3=[N+](CCCCCC(=O)CCCCC(=O)O)c4ccc(S(=O)(=O)O)cc4C3(C)CC2(C)c2cc(S(=O)(=O)[O-])ccc21. The summed E-state index contributed by atoms with van der Waals surface area (Å²) in [6.45, 7) is 7.22. The monoisotopic (exact) mass is 698 g/mol. The molecule has 2 aromatic rings. The van der Waals surface area contributed by atoms with Crippen molar-refractivity contribution in [3.05, 3.63) is 71.5 Å². The summed E-state index contributed by atoms with van der Waals surface area (Å²) in [7, 11) is -9.24. The van der Waals surface area contributed by atoms with Crippen LogP contribution in [0.15, 0.2) is 70.1 Å². The highest BCUT2D eigenvalue weighted by Gasteiger charge is 2.55. The van der Waals surface area contributed by atoms with Crippen LogP contribution in [-0.4, -0.2) is 66.2 Å². The number of carbonyl (C=O) groups excluding carboxylic acids is 1. The molecule has 2 N–H and O–H groups in total. The maximum Gasteiger partial charge on any atom is 0.303 e. The van der Waals surface area contributed by atoms with Crippen molar-refractivity contribution in [2.45, 2.75) is 99.2 Å². The second-order valence-corrected chi connectivity index (χ2v) is 16.1. The Labute approximate surface area is 282 Å². The van der Waals surface area contributed by atoms with Crippen LogP contribution in [0.25, 0.3) is 0 Å². The van der Waals surface area contributed by atoms with Gasteiger partial charge in [0.2, 0.25) is 5.69 Å². The zero-order valence-corrected chi connectivity index (χ0v) is 29.1. The molecule has 2 unspecified atom stereocenters. The Morgan fingerprint density at radius 2 is 1.54 bits per heavy atom. The summed E-state index contributed by atoms with van der Waals surface area (Å²) in [6.07, 6.45) is 10.5. The van der Waals surface area contributed by atoms with Gasteiger partial charge in [-0.1, -0.05) is 6.08 Å². The van der Waals surface area contributed by atoms with Crippen molar-refractivity contribution in [3.63, 3.8) is 0 Å². The van der Waals surface area contributed by atoms with Crippen molar-refractivity contribution >= 4 is 49.1 Å². The Kier molecular flexibility index (Phi) is 9.91. The molecule has 0 radical (unpaired) electrons. The third kappa shape index (κ3) is 6.78. The Balaban J connectivity index is 1.49. The number of unbranched alkanes of at least 4 members (excludes halogenated alkanes) is 3. The fraction of sp³-hybridized carbons (Fsp3) is 0.457. The van der Waals surface area contributed by atoms with Crippen molar-refractivity contribution in [1.29, 1.82) is 0 Å². The quantitative estimate of drug-likeness (QED) is 0.144. The lowest BCUT2D eigenvalue weighted by molar-refractivity contribution is -0.438. The number of nitrogens with zero attached hydrogens (tertiary/aromatic N) is 2. The van der Waals surface area contributed by atoms with E-state index in [-0.39, 0.29) is 22.0 Å². The Morgan fingerprint density at radius 3 is 2.19 bits per heavy atom. The van der Waals surface area contributed by atoms with E-state index in [9.17, 15) is 35.5 Å². The van der Waals surface area contributed by atoms with Gasteiger partial charge >= 0.3 is 5.97 Å². The number of carboxylic acid groups (broad SMARTS) is 1. The predicted molar refractivity (Wildman–Crippen MR) is 180 cm³/mol. The van der Waals surface area contributed by atoms with E-state index in [1.807, 2.05) is 39.0 Å². The third-order valence-electron chi connectivity index (χ3n) is 9.97. The summed E-state index contributed by atoms with van der Waals surface area (Å²) in [4.78, 5) is 24.6. The van der Waals surface area contributed by atoms with Crippen molar-refractivity contribution in [2.24, 2.45) is 0 Å². The molecule has 1 aliphatic carbocycles. The van der Waals surface area contributed by atoms with Crippen LogP contribution in [0.1, 0.15) is 89.7 Å². The zero-order valence-electron chi connectivity index (χ0n) is 27.4. The molecule has 0 spiro atoms. The van der Waals surface area contributed by atoms with Crippen LogP contribution in [0.5, 0.6) is 0 Å². The van der Waals surface area contributed by atoms with Gasteiger partial charge in [-0.15, -0.1) is 0 Å². The van der Waals surface area contributed by atoms with E-state index < -0.39 is 37.0 Å². The minimum Gasteiger partial charge on any atom is -0.744 e. The molecule has 0 fully saturated rings. The van der Waals surface area contributed by atoms with Crippen LogP contribution in [0.3, 0.4) is 0 Å². The summed E-state index contributed by atoms with van der Waals surface area (Å²) in [5.74, 6) is -0.741. The Hall–Kier alpha value is -3.65. The van der Waals surface area contributed by atoms with Crippen LogP contribution < -0.4 is 4.90 Å². The molecule has 0 aromatic heterocycles. The van der Waals surface area contributed by atoms with E-state index in [4.69, 9.17) is 5.11 Å². The van der Waals surface area contributed by atoms with Gasteiger partial charge in [0.25, 0.3) is 10.1 Å². The number of Topliss-reactive ketones (excluding diaryl/α,β-unsaturated/α-hetero) is 1. The fourth-order valence-electron chi connectivity index (χ4n) is 7.76. The molecule has 0 bridgehead atoms. The van der Waals surface area contributed by atoms with E-state index in [0.29, 0.717) is 62.7 Å². The van der Waals surface area contributed by atoms with Gasteiger partial charge in [-0.05, 0) is 94.8 Å². The average molecular weight is 699 g/mol. The van der Waals surface area contributed by atoms with Gasteiger partial charge in [-0.2, -0.15) is 13.0 Å². The minimum absolute atomic E-state index is 0.0607. The van der Waals surface area contributed by atoms with E-state index in [0.717, 1.165) is 35.6 Å². The number of rotatable bonds is 14. The Bertz CT molecular complexity index is 1960. The number of carboxylic acids is 1. The van der Waals surface area contributed by atoms with E-state index in [1.54, 1.807) is 12.1 Å². The van der Waals surface area contributed by atoms with Crippen molar-refractivity contribution in [1.82, 2.24) is 0 Å². The molecule has 2 atom stereocenters. The molecule has 0 saturated carbocycles. The summed E-state index contributed by atoms with van der Waals surface area (Å²) in [6, 6.07) is 9.07. The maximum atomic E-state index is 12.3. The van der Waals surface area contributed by atoms with Crippen molar-refractivity contribution in [2.75, 3.05) is 18.0 Å². The molecular formula is C35H42N2O9S2. The average Bonchev–Trinajstić information content (AvgIpc) is 3.36. The van der Waals surface area contributed by atoms with Crippen LogP contribution in [0, 0.1) is 0 Å². The number of hydrogen-bond acceptors (Lipinski definition) is 8. The van der Waals surface area contributed by atoms with Crippen molar-refractivity contribution < 1.29 is 45.2 Å². The molecule has 48 heavy (non-hydrogen) atoms. The second-order valence-electron chi connectivity index (χ2n) is 13.3. The molecule has 258 valence electrons. The first-order valence-electron chi connectivity index (χ1n) is 16.3. The highest BCUT2D eigenvalue weighted by Crippen LogP contribution is 2.57. The van der Waals surface area contributed by atoms with E-state index in [1.165, 1.54) is 24.3 Å². The molecule has 2 aliphatic heterocycles. The second kappa shape index (κ2) is 13.3. The lowest BCUT2D eigenvalue weighted by atomic mass is 9.64. The van der Waals surface area contributed by atoms with E-state index >= 15 is 0 Å². The first-order valence-corrected chi connectivity index (χ1v) is 19.1. The molecule has 11 nitrogen and oxygen atoms in total. The number of benzene rings is 2. The number of likely N-dealkylation sites (N-methyl/N-ethyl adjacent to an activating group) is 1. The van der Waals surface area contributed by atoms with Gasteiger partial charge in [0.15, 0.2) is 5.71 Å². The van der Waals surface area contributed by atoms with Crippen LogP contribution in [-0.2, 0) is 40.7 Å². The molecule has 2 heterocycles. The van der Waals surface area contributed by atoms with Gasteiger partial charge in [-0.25, -0.2) is 8.42 Å². The van der Waals surface area contributed by atoms with Gasteiger partial charge < -0.3 is 14.6 Å². The number of carbonyl (C=O) groups is 2. The number of allylic oxidation sites excluding steroid dienone is 4. The summed E-state index contributed by atoms with van der Waals surface area (Å²) in [5, 5.41) is 8.78. The minimum atomic E-state index is -4.72. The Morgan fingerprint density at radius 1 is 0.896 bits per heavy atom. The molecular weight excluding hydrogens is 657 g/mol. The van der Waals surface area contributed by atoms with Crippen LogP contribution in [0.2, 0.25) is 0 Å². The number of anilines is 1. The molecule has 5 rings (SSSR count). The molecule has 3 aliphatic rings. The van der Waals surface area contributed by atoms with Gasteiger partial charge in [-0.3, -0.25) is 14.1 Å². The zero-order chi connectivity index (χ0) is 35.1. The number of aliphatic carboxylic acids is 1. The highest BCUT2D eigenvalue weighted by atomic mass is 32.2. The van der Waals surface area contributed by atoms with Gasteiger partial charge in [0.05, 0.1) is 15.2 Å². The number of fused-ring (bicyclic) bond motifs is 6. The molecule has 13 heteroatoms. The maximum absolute atomic E-state index is 12.3. The number of hydrogen-bond donors (Lipinski definition) is 2. The summed E-state index contributed by atoms with van der Waals surface area (Å²) < 4.78 is 73.0. The standard InChI is InChI=1S/C35H42N2O9S2/c1-4-36-29-18-16-25(47(41,42)43)21-27(29)34(2)23-35(3)28-22-26(48(44,45)46)17-19-30(28)37(32(35)14-10-13-31(34)36)20-9-5-6-11-24(38)12-7-8-15-33(39)40/h10,13-14,16-19,21-22H,4-9,11-12,15,20,23H2,1-3H3,(H2-,39,40,41,42,43,44,45,46). The first kappa shape index (κ1) is 35.7. The molecule has 2 aromatic carbocycles. The number of ketones is 1. The largest absolute Gasteiger partial charge is 0.744 e. The smallest absolute Gasteiger partial charge is 0.303 e. The lowest BCUT2D eigenvalue weighted by Crippen LogP contribution is -2.41. The predicted octanol–water partition coefficient (Wildman–Crippen LogP) is 5.61. The summed E-state index contributed by atoms with van der Waals surface area (Å²) >= 11 is 0. The topological polar surface area (TPSA) is 172 Å². The normalized spacial score (nSPS) is 23.4. The van der Waals surface area contributed by atoms with Crippen LogP contribution in [0.4, 0.5) is 11.4 Å². The fourth-order valence-corrected chi connectivity index (χ4v) is 8.77.